The van der Waals surface area contributed by atoms with Crippen LogP contribution in [0.2, 0.25) is 0 Å². The molecule has 7 nitrogen and oxygen atoms in total. The molecule has 0 spiro atoms. The van der Waals surface area contributed by atoms with E-state index in [-0.39, 0.29) is 12.7 Å². The van der Waals surface area contributed by atoms with Crippen LogP contribution >= 0.6 is 0 Å². The first-order valence-electron chi connectivity index (χ1n) is 10.2. The van der Waals surface area contributed by atoms with E-state index in [1.54, 1.807) is 12.3 Å². The second kappa shape index (κ2) is 8.69. The number of aryl methyl sites for hydroxylation is 1. The average Bonchev–Trinajstić information content (AvgIpc) is 3.16. The fourth-order valence-electron chi connectivity index (χ4n) is 3.98. The van der Waals surface area contributed by atoms with Crippen LogP contribution in [0, 0.1) is 5.21 Å². The van der Waals surface area contributed by atoms with Gasteiger partial charge < -0.3 is 24.5 Å². The van der Waals surface area contributed by atoms with Crippen molar-refractivity contribution in [1.29, 1.82) is 0 Å². The Hall–Kier alpha value is -2.80. The highest BCUT2D eigenvalue weighted by Crippen LogP contribution is 2.36. The van der Waals surface area contributed by atoms with E-state index < -0.39 is 0 Å². The normalized spacial score (nSPS) is 15.1. The molecule has 0 aliphatic carbocycles. The highest BCUT2D eigenvalue weighted by molar-refractivity contribution is 5.97. The average molecular weight is 397 g/mol. The summed E-state index contributed by atoms with van der Waals surface area (Å²) < 4.78 is 11.7. The maximum atomic E-state index is 12.8. The van der Waals surface area contributed by atoms with Crippen LogP contribution in [0.15, 0.2) is 36.7 Å². The topological polar surface area (TPSA) is 69.0 Å². The molecule has 1 amide bonds. The predicted molar refractivity (Wildman–Crippen MR) is 108 cm³/mol. The Morgan fingerprint density at radius 2 is 2.00 bits per heavy atom. The third-order valence-electron chi connectivity index (χ3n) is 5.58. The highest BCUT2D eigenvalue weighted by Gasteiger charge is 2.27. The van der Waals surface area contributed by atoms with Crippen LogP contribution in [0.1, 0.15) is 34.3 Å². The number of nitrogens with zero attached hydrogens (tertiary/aromatic N) is 3. The van der Waals surface area contributed by atoms with Crippen molar-refractivity contribution < 1.29 is 19.0 Å². The number of carbonyl (C=O) groups excluding carboxylic acids is 1. The van der Waals surface area contributed by atoms with Crippen molar-refractivity contribution in [3.05, 3.63) is 58.6 Å². The number of hydrogen-bond acceptors (Lipinski definition) is 5. The smallest absolute Gasteiger partial charge is 0.254 e. The minimum atomic E-state index is 0.0854. The molecule has 0 saturated heterocycles. The summed E-state index contributed by atoms with van der Waals surface area (Å²) >= 11 is 0. The van der Waals surface area contributed by atoms with Gasteiger partial charge in [0.15, 0.2) is 23.9 Å². The van der Waals surface area contributed by atoms with Gasteiger partial charge in [0, 0.05) is 30.3 Å². The molecular formula is C22H27N3O4. The van der Waals surface area contributed by atoms with Gasteiger partial charge >= 0.3 is 0 Å². The van der Waals surface area contributed by atoms with Gasteiger partial charge in [0.1, 0.15) is 0 Å². The molecule has 0 atom stereocenters. The molecule has 2 aromatic rings. The molecule has 0 unspecified atom stereocenters. The SMILES string of the molecule is CN(CCCc1ccc[n+]([O-])c1)CCCN1CCc2cc3c(cc2C1=O)OCO3. The van der Waals surface area contributed by atoms with E-state index in [9.17, 15) is 10.0 Å². The number of carbonyl (C=O) groups is 1. The van der Waals surface area contributed by atoms with Gasteiger partial charge in [0.25, 0.3) is 5.91 Å². The van der Waals surface area contributed by atoms with Crippen molar-refractivity contribution in [1.82, 2.24) is 9.80 Å². The molecule has 0 saturated carbocycles. The van der Waals surface area contributed by atoms with Crippen molar-refractivity contribution in [2.24, 2.45) is 0 Å². The summed E-state index contributed by atoms with van der Waals surface area (Å²) in [4.78, 5) is 17.1. The zero-order valence-corrected chi connectivity index (χ0v) is 16.8. The van der Waals surface area contributed by atoms with Crippen LogP contribution in [-0.2, 0) is 12.8 Å². The maximum Gasteiger partial charge on any atom is 0.254 e. The summed E-state index contributed by atoms with van der Waals surface area (Å²) in [6.45, 7) is 3.63. The number of amides is 1. The minimum absolute atomic E-state index is 0.0854. The molecule has 2 aliphatic heterocycles. The monoisotopic (exact) mass is 397 g/mol. The summed E-state index contributed by atoms with van der Waals surface area (Å²) in [6.07, 6.45) is 6.82. The molecule has 3 heterocycles. The zero-order chi connectivity index (χ0) is 20.2. The maximum absolute atomic E-state index is 12.8. The van der Waals surface area contributed by atoms with Crippen molar-refractivity contribution in [2.45, 2.75) is 25.7 Å². The van der Waals surface area contributed by atoms with Gasteiger partial charge in [-0.1, -0.05) is 0 Å². The summed E-state index contributed by atoms with van der Waals surface area (Å²) in [5.41, 5.74) is 2.86. The van der Waals surface area contributed by atoms with Crippen LogP contribution in [0.3, 0.4) is 0 Å². The first kappa shape index (κ1) is 19.5. The highest BCUT2D eigenvalue weighted by atomic mass is 16.7. The number of aromatic nitrogens is 1. The van der Waals surface area contributed by atoms with Crippen LogP contribution in [-0.4, -0.2) is 55.7 Å². The van der Waals surface area contributed by atoms with Gasteiger partial charge in [-0.05, 0) is 69.6 Å². The standard InChI is InChI=1S/C22H27N3O4/c1-23(8-2-5-17-6-3-11-25(27)15-17)9-4-10-24-12-7-18-13-20-21(29-16-28-20)14-19(18)22(24)26/h3,6,11,13-15H,2,4-5,7-10,12,16H2,1H3. The third-order valence-corrected chi connectivity index (χ3v) is 5.58. The van der Waals surface area contributed by atoms with E-state index in [0.717, 1.165) is 79.0 Å². The molecule has 4 rings (SSSR count). The Bertz CT molecular complexity index is 886. The molecule has 0 bridgehead atoms. The molecule has 1 aromatic carbocycles. The predicted octanol–water partition coefficient (Wildman–Crippen LogP) is 2.00. The van der Waals surface area contributed by atoms with E-state index in [2.05, 4.69) is 11.9 Å². The number of pyridine rings is 1. The Morgan fingerprint density at radius 1 is 1.21 bits per heavy atom. The molecular weight excluding hydrogens is 370 g/mol. The van der Waals surface area contributed by atoms with Gasteiger partial charge in [-0.3, -0.25) is 4.79 Å². The number of benzene rings is 1. The first-order valence-corrected chi connectivity index (χ1v) is 10.2. The number of fused-ring (bicyclic) bond motifs is 2. The van der Waals surface area contributed by atoms with Gasteiger partial charge in [-0.2, -0.15) is 4.73 Å². The first-order chi connectivity index (χ1) is 14.1. The molecule has 0 fully saturated rings. The Morgan fingerprint density at radius 3 is 2.83 bits per heavy atom. The lowest BCUT2D eigenvalue weighted by atomic mass is 9.98. The van der Waals surface area contributed by atoms with Crippen molar-refractivity contribution >= 4 is 5.91 Å². The van der Waals surface area contributed by atoms with E-state index >= 15 is 0 Å². The van der Waals surface area contributed by atoms with Crippen molar-refractivity contribution in [3.63, 3.8) is 0 Å². The van der Waals surface area contributed by atoms with E-state index in [0.29, 0.717) is 5.75 Å². The van der Waals surface area contributed by atoms with Crippen LogP contribution in [0.5, 0.6) is 11.5 Å². The van der Waals surface area contributed by atoms with Crippen LogP contribution < -0.4 is 14.2 Å². The van der Waals surface area contributed by atoms with Gasteiger partial charge in [-0.15, -0.1) is 0 Å². The quantitative estimate of drug-likeness (QED) is 0.503. The second-order valence-corrected chi connectivity index (χ2v) is 7.74. The number of ether oxygens (including phenoxy) is 2. The van der Waals surface area contributed by atoms with Crippen LogP contribution in [0.25, 0.3) is 0 Å². The van der Waals surface area contributed by atoms with Crippen LogP contribution in [0.4, 0.5) is 0 Å². The molecule has 7 heteroatoms. The van der Waals surface area contributed by atoms with Crippen molar-refractivity contribution in [3.8, 4) is 11.5 Å². The van der Waals surface area contributed by atoms with E-state index in [1.807, 2.05) is 23.1 Å². The number of rotatable bonds is 8. The molecule has 0 radical (unpaired) electrons. The van der Waals surface area contributed by atoms with Crippen molar-refractivity contribution in [2.75, 3.05) is 40.0 Å². The lowest BCUT2D eigenvalue weighted by molar-refractivity contribution is -0.605. The molecule has 154 valence electrons. The Balaban J connectivity index is 1.21. The molecule has 0 N–H and O–H groups in total. The Kier molecular flexibility index (Phi) is 5.85. The summed E-state index contributed by atoms with van der Waals surface area (Å²) in [6, 6.07) is 7.54. The van der Waals surface area contributed by atoms with Gasteiger partial charge in [0.2, 0.25) is 6.79 Å². The summed E-state index contributed by atoms with van der Waals surface area (Å²) in [7, 11) is 2.10. The molecule has 2 aliphatic rings. The fraction of sp³-hybridized carbons (Fsp3) is 0.455. The lowest BCUT2D eigenvalue weighted by Crippen LogP contribution is -2.39. The second-order valence-electron chi connectivity index (χ2n) is 7.74. The molecule has 1 aromatic heterocycles. The third kappa shape index (κ3) is 4.62. The molecule has 29 heavy (non-hydrogen) atoms. The van der Waals surface area contributed by atoms with Gasteiger partial charge in [0.05, 0.1) is 0 Å². The summed E-state index contributed by atoms with van der Waals surface area (Å²) in [5, 5.41) is 11.3. The summed E-state index contributed by atoms with van der Waals surface area (Å²) in [5.74, 6) is 1.49. The van der Waals surface area contributed by atoms with E-state index in [1.165, 1.54) is 6.20 Å². The zero-order valence-electron chi connectivity index (χ0n) is 16.8. The largest absolute Gasteiger partial charge is 0.619 e. The Labute approximate surface area is 171 Å². The fourth-order valence-corrected chi connectivity index (χ4v) is 3.98. The van der Waals surface area contributed by atoms with Gasteiger partial charge in [-0.25, -0.2) is 0 Å². The lowest BCUT2D eigenvalue weighted by Gasteiger charge is -2.29. The minimum Gasteiger partial charge on any atom is -0.619 e. The van der Waals surface area contributed by atoms with E-state index in [4.69, 9.17) is 9.47 Å². The number of hydrogen-bond donors (Lipinski definition) is 0.